The molecule has 6 nitrogen and oxygen atoms in total. The number of rotatable bonds is 7. The summed E-state index contributed by atoms with van der Waals surface area (Å²) in [5, 5.41) is 10.9. The first-order valence-electron chi connectivity index (χ1n) is 5.51. The van der Waals surface area contributed by atoms with Gasteiger partial charge in [-0.05, 0) is 5.92 Å². The zero-order chi connectivity index (χ0) is 13.4. The van der Waals surface area contributed by atoms with Crippen molar-refractivity contribution >= 4 is 17.8 Å². The molecule has 0 saturated carbocycles. The van der Waals surface area contributed by atoms with E-state index in [2.05, 4.69) is 10.1 Å². The van der Waals surface area contributed by atoms with Gasteiger partial charge < -0.3 is 15.2 Å². The molecular formula is C11H19NO5. The smallest absolute Gasteiger partial charge is 0.328 e. The van der Waals surface area contributed by atoms with Crippen LogP contribution in [0.5, 0.6) is 0 Å². The van der Waals surface area contributed by atoms with Crippen molar-refractivity contribution < 1.29 is 24.2 Å². The number of amides is 1. The number of aliphatic carboxylic acids is 1. The van der Waals surface area contributed by atoms with Gasteiger partial charge in [0.2, 0.25) is 5.91 Å². The summed E-state index contributed by atoms with van der Waals surface area (Å²) >= 11 is 0. The van der Waals surface area contributed by atoms with Crippen molar-refractivity contribution in [2.45, 2.75) is 39.2 Å². The van der Waals surface area contributed by atoms with Crippen molar-refractivity contribution in [2.24, 2.45) is 5.92 Å². The van der Waals surface area contributed by atoms with Gasteiger partial charge in [-0.2, -0.15) is 0 Å². The molecule has 2 atom stereocenters. The average Bonchev–Trinajstić information content (AvgIpc) is 2.31. The van der Waals surface area contributed by atoms with Gasteiger partial charge in [0, 0.05) is 6.42 Å². The summed E-state index contributed by atoms with van der Waals surface area (Å²) in [6.45, 7) is 3.71. The van der Waals surface area contributed by atoms with E-state index in [1.165, 1.54) is 7.11 Å². The molecule has 0 spiro atoms. The van der Waals surface area contributed by atoms with Crippen molar-refractivity contribution in [2.75, 3.05) is 7.11 Å². The molecule has 0 aliphatic carbocycles. The topological polar surface area (TPSA) is 92.7 Å². The van der Waals surface area contributed by atoms with E-state index in [0.29, 0.717) is 6.42 Å². The molecule has 0 aromatic carbocycles. The van der Waals surface area contributed by atoms with Gasteiger partial charge in [0.15, 0.2) is 0 Å². The number of carboxylic acids is 1. The molecule has 0 fully saturated rings. The van der Waals surface area contributed by atoms with Crippen molar-refractivity contribution in [3.8, 4) is 0 Å². The third-order valence-corrected chi connectivity index (χ3v) is 2.55. The van der Waals surface area contributed by atoms with Crippen LogP contribution in [-0.2, 0) is 19.1 Å². The third-order valence-electron chi connectivity index (χ3n) is 2.55. The van der Waals surface area contributed by atoms with Gasteiger partial charge in [-0.25, -0.2) is 4.79 Å². The zero-order valence-corrected chi connectivity index (χ0v) is 10.4. The number of ether oxygens (including phenoxy) is 1. The second kappa shape index (κ2) is 7.65. The predicted molar refractivity (Wildman–Crippen MR) is 60.3 cm³/mol. The SMILES string of the molecule is CCC(C)C(NC(=O)CCC(=O)O)C(=O)OC. The fourth-order valence-electron chi connectivity index (χ4n) is 1.26. The third kappa shape index (κ3) is 5.89. The van der Waals surface area contributed by atoms with Gasteiger partial charge in [-0.1, -0.05) is 20.3 Å². The highest BCUT2D eigenvalue weighted by Gasteiger charge is 2.26. The second-order valence-electron chi connectivity index (χ2n) is 3.85. The van der Waals surface area contributed by atoms with Crippen LogP contribution in [0.2, 0.25) is 0 Å². The summed E-state index contributed by atoms with van der Waals surface area (Å²) < 4.78 is 4.59. The normalized spacial score (nSPS) is 13.6. The van der Waals surface area contributed by atoms with E-state index in [4.69, 9.17) is 5.11 Å². The largest absolute Gasteiger partial charge is 0.481 e. The molecule has 0 aromatic rings. The van der Waals surface area contributed by atoms with Crippen molar-refractivity contribution in [1.82, 2.24) is 5.32 Å². The second-order valence-corrected chi connectivity index (χ2v) is 3.85. The number of esters is 1. The molecule has 6 heteroatoms. The van der Waals surface area contributed by atoms with E-state index in [1.807, 2.05) is 13.8 Å². The molecule has 17 heavy (non-hydrogen) atoms. The predicted octanol–water partition coefficient (Wildman–Crippen LogP) is 0.555. The summed E-state index contributed by atoms with van der Waals surface area (Å²) in [4.78, 5) is 33.1. The Labute approximate surface area is 100 Å². The van der Waals surface area contributed by atoms with Crippen LogP contribution in [0.1, 0.15) is 33.1 Å². The minimum Gasteiger partial charge on any atom is -0.481 e. The molecule has 0 aliphatic rings. The molecule has 0 saturated heterocycles. The van der Waals surface area contributed by atoms with Crippen molar-refractivity contribution in [1.29, 1.82) is 0 Å². The fourth-order valence-corrected chi connectivity index (χ4v) is 1.26. The molecule has 0 aliphatic heterocycles. The lowest BCUT2D eigenvalue weighted by molar-refractivity contribution is -0.146. The van der Waals surface area contributed by atoms with E-state index in [1.54, 1.807) is 0 Å². The first kappa shape index (κ1) is 15.4. The number of carboxylic acid groups (broad SMARTS) is 1. The van der Waals surface area contributed by atoms with Gasteiger partial charge in [0.05, 0.1) is 13.5 Å². The number of carbonyl (C=O) groups is 3. The van der Waals surface area contributed by atoms with Gasteiger partial charge in [-0.15, -0.1) is 0 Å². The highest BCUT2D eigenvalue weighted by Crippen LogP contribution is 2.09. The molecule has 0 rings (SSSR count). The monoisotopic (exact) mass is 245 g/mol. The number of carbonyl (C=O) groups excluding carboxylic acids is 2. The molecule has 0 heterocycles. The Morgan fingerprint density at radius 3 is 2.29 bits per heavy atom. The summed E-state index contributed by atoms with van der Waals surface area (Å²) in [5.74, 6) is -2.07. The number of methoxy groups -OCH3 is 1. The lowest BCUT2D eigenvalue weighted by atomic mass is 9.99. The summed E-state index contributed by atoms with van der Waals surface area (Å²) in [7, 11) is 1.25. The lowest BCUT2D eigenvalue weighted by Crippen LogP contribution is -2.45. The molecule has 0 radical (unpaired) electrons. The molecule has 1 amide bonds. The first-order chi connectivity index (χ1) is 7.92. The zero-order valence-electron chi connectivity index (χ0n) is 10.4. The van der Waals surface area contributed by atoms with Gasteiger partial charge in [-0.3, -0.25) is 9.59 Å². The van der Waals surface area contributed by atoms with Gasteiger partial charge in [0.25, 0.3) is 0 Å². The van der Waals surface area contributed by atoms with Crippen LogP contribution >= 0.6 is 0 Å². The Balaban J connectivity index is 4.38. The Kier molecular flexibility index (Phi) is 6.93. The maximum Gasteiger partial charge on any atom is 0.328 e. The highest BCUT2D eigenvalue weighted by molar-refractivity contribution is 5.86. The number of hydrogen-bond donors (Lipinski definition) is 2. The fraction of sp³-hybridized carbons (Fsp3) is 0.727. The van der Waals surface area contributed by atoms with Crippen LogP contribution in [0.3, 0.4) is 0 Å². The Morgan fingerprint density at radius 2 is 1.88 bits per heavy atom. The lowest BCUT2D eigenvalue weighted by Gasteiger charge is -2.21. The standard InChI is InChI=1S/C11H19NO5/c1-4-7(2)10(11(16)17-3)12-8(13)5-6-9(14)15/h7,10H,4-6H2,1-3H3,(H,12,13)(H,14,15). The van der Waals surface area contributed by atoms with Crippen LogP contribution in [0.4, 0.5) is 0 Å². The molecular weight excluding hydrogens is 226 g/mol. The molecule has 0 bridgehead atoms. The maximum absolute atomic E-state index is 11.4. The highest BCUT2D eigenvalue weighted by atomic mass is 16.5. The number of nitrogens with one attached hydrogen (secondary N) is 1. The van der Waals surface area contributed by atoms with Crippen LogP contribution in [-0.4, -0.2) is 36.1 Å². The first-order valence-corrected chi connectivity index (χ1v) is 5.51. The average molecular weight is 245 g/mol. The summed E-state index contributed by atoms with van der Waals surface area (Å²) in [6, 6.07) is -0.716. The van der Waals surface area contributed by atoms with Crippen LogP contribution in [0.15, 0.2) is 0 Å². The van der Waals surface area contributed by atoms with E-state index >= 15 is 0 Å². The van der Waals surface area contributed by atoms with Crippen molar-refractivity contribution in [3.05, 3.63) is 0 Å². The van der Waals surface area contributed by atoms with E-state index in [0.717, 1.165) is 0 Å². The molecule has 0 aromatic heterocycles. The maximum atomic E-state index is 11.4. The molecule has 2 unspecified atom stereocenters. The van der Waals surface area contributed by atoms with Crippen molar-refractivity contribution in [3.63, 3.8) is 0 Å². The Morgan fingerprint density at radius 1 is 1.29 bits per heavy atom. The molecule has 2 N–H and O–H groups in total. The van der Waals surface area contributed by atoms with Gasteiger partial charge in [0.1, 0.15) is 6.04 Å². The van der Waals surface area contributed by atoms with Crippen LogP contribution in [0.25, 0.3) is 0 Å². The summed E-state index contributed by atoms with van der Waals surface area (Å²) in [5.41, 5.74) is 0. The minimum atomic E-state index is -1.04. The quantitative estimate of drug-likeness (QED) is 0.639. The van der Waals surface area contributed by atoms with Gasteiger partial charge >= 0.3 is 11.9 Å². The van der Waals surface area contributed by atoms with E-state index in [9.17, 15) is 14.4 Å². The summed E-state index contributed by atoms with van der Waals surface area (Å²) in [6.07, 6.45) is 0.318. The van der Waals surface area contributed by atoms with Crippen LogP contribution < -0.4 is 5.32 Å². The Hall–Kier alpha value is -1.59. The van der Waals surface area contributed by atoms with E-state index in [-0.39, 0.29) is 18.8 Å². The van der Waals surface area contributed by atoms with E-state index < -0.39 is 23.9 Å². The number of hydrogen-bond acceptors (Lipinski definition) is 4. The minimum absolute atomic E-state index is 0.0590. The Bertz CT molecular complexity index is 290. The van der Waals surface area contributed by atoms with Crippen LogP contribution in [0, 0.1) is 5.92 Å². The molecule has 98 valence electrons.